The minimum atomic E-state index is -4.50. The highest BCUT2D eigenvalue weighted by molar-refractivity contribution is 5.93. The third-order valence-electron chi connectivity index (χ3n) is 3.58. The van der Waals surface area contributed by atoms with Gasteiger partial charge in [0.05, 0.1) is 18.9 Å². The molecule has 0 atom stereocenters. The van der Waals surface area contributed by atoms with Gasteiger partial charge in [0.2, 0.25) is 11.8 Å². The van der Waals surface area contributed by atoms with E-state index in [9.17, 15) is 22.8 Å². The predicted octanol–water partition coefficient (Wildman–Crippen LogP) is 3.58. The van der Waals surface area contributed by atoms with Gasteiger partial charge in [0, 0.05) is 24.1 Å². The zero-order valence-corrected chi connectivity index (χ0v) is 14.9. The molecule has 6 nitrogen and oxygen atoms in total. The number of carbonyl (C=O) groups is 2. The summed E-state index contributed by atoms with van der Waals surface area (Å²) in [6.07, 6.45) is -3.47. The smallest absolute Gasteiger partial charge is 0.416 e. The Hall–Kier alpha value is -3.36. The van der Waals surface area contributed by atoms with Crippen molar-refractivity contribution in [2.75, 3.05) is 12.4 Å². The van der Waals surface area contributed by atoms with Crippen LogP contribution in [0.5, 0.6) is 5.75 Å². The number of rotatable bonds is 7. The Morgan fingerprint density at radius 1 is 1.07 bits per heavy atom. The SMILES string of the molecule is COc1ccccc1C=NNC(=O)CCC(=O)Nc1cccc(C(F)(F)F)c1. The Morgan fingerprint density at radius 2 is 1.79 bits per heavy atom. The highest BCUT2D eigenvalue weighted by Crippen LogP contribution is 2.30. The number of alkyl halides is 3. The maximum atomic E-state index is 12.7. The number of nitrogens with one attached hydrogen (secondary N) is 2. The molecule has 2 amide bonds. The average molecular weight is 393 g/mol. The topological polar surface area (TPSA) is 79.8 Å². The fourth-order valence-corrected chi connectivity index (χ4v) is 2.23. The van der Waals surface area contributed by atoms with E-state index in [1.807, 2.05) is 0 Å². The largest absolute Gasteiger partial charge is 0.496 e. The lowest BCUT2D eigenvalue weighted by molar-refractivity contribution is -0.137. The Kier molecular flexibility index (Phi) is 7.14. The summed E-state index contributed by atoms with van der Waals surface area (Å²) >= 11 is 0. The number of benzene rings is 2. The normalized spacial score (nSPS) is 11.3. The minimum Gasteiger partial charge on any atom is -0.496 e. The van der Waals surface area contributed by atoms with Crippen LogP contribution >= 0.6 is 0 Å². The van der Waals surface area contributed by atoms with Gasteiger partial charge in [0.1, 0.15) is 5.75 Å². The molecule has 0 saturated carbocycles. The maximum Gasteiger partial charge on any atom is 0.416 e. The number of para-hydroxylation sites is 1. The third kappa shape index (κ3) is 6.42. The predicted molar refractivity (Wildman–Crippen MR) is 98.0 cm³/mol. The molecular formula is C19H18F3N3O3. The van der Waals surface area contributed by atoms with Crippen LogP contribution in [0.2, 0.25) is 0 Å². The summed E-state index contributed by atoms with van der Waals surface area (Å²) in [5.74, 6) is -0.505. The summed E-state index contributed by atoms with van der Waals surface area (Å²) in [5.41, 5.74) is 2.08. The number of halogens is 3. The van der Waals surface area contributed by atoms with Gasteiger partial charge in [0.15, 0.2) is 0 Å². The average Bonchev–Trinajstić information content (AvgIpc) is 2.66. The van der Waals surface area contributed by atoms with E-state index in [4.69, 9.17) is 4.74 Å². The van der Waals surface area contributed by atoms with Crippen molar-refractivity contribution in [1.29, 1.82) is 0 Å². The highest BCUT2D eigenvalue weighted by Gasteiger charge is 2.30. The number of hydrogen-bond acceptors (Lipinski definition) is 4. The van der Waals surface area contributed by atoms with Crippen LogP contribution in [0, 0.1) is 0 Å². The second-order valence-electron chi connectivity index (χ2n) is 5.66. The molecule has 0 fully saturated rings. The lowest BCUT2D eigenvalue weighted by Gasteiger charge is -2.09. The van der Waals surface area contributed by atoms with Gasteiger partial charge in [-0.25, -0.2) is 5.43 Å². The fraction of sp³-hybridized carbons (Fsp3) is 0.211. The third-order valence-corrected chi connectivity index (χ3v) is 3.58. The Bertz CT molecular complexity index is 867. The van der Waals surface area contributed by atoms with Crippen molar-refractivity contribution in [3.8, 4) is 5.75 Å². The van der Waals surface area contributed by atoms with Gasteiger partial charge < -0.3 is 10.1 Å². The molecule has 0 aromatic heterocycles. The van der Waals surface area contributed by atoms with Crippen molar-refractivity contribution in [2.45, 2.75) is 19.0 Å². The van der Waals surface area contributed by atoms with Gasteiger partial charge in [-0.3, -0.25) is 9.59 Å². The molecule has 0 heterocycles. The van der Waals surface area contributed by atoms with Crippen molar-refractivity contribution < 1.29 is 27.5 Å². The zero-order chi connectivity index (χ0) is 20.6. The number of nitrogens with zero attached hydrogens (tertiary/aromatic N) is 1. The quantitative estimate of drug-likeness (QED) is 0.557. The van der Waals surface area contributed by atoms with E-state index in [1.165, 1.54) is 25.5 Å². The van der Waals surface area contributed by atoms with Gasteiger partial charge in [-0.1, -0.05) is 18.2 Å². The molecule has 28 heavy (non-hydrogen) atoms. The second kappa shape index (κ2) is 9.54. The van der Waals surface area contributed by atoms with E-state index in [0.29, 0.717) is 11.3 Å². The summed E-state index contributed by atoms with van der Waals surface area (Å²) in [6, 6.07) is 11.3. The van der Waals surface area contributed by atoms with Crippen molar-refractivity contribution in [2.24, 2.45) is 5.10 Å². The van der Waals surface area contributed by atoms with Gasteiger partial charge in [-0.15, -0.1) is 0 Å². The first-order chi connectivity index (χ1) is 13.3. The molecule has 0 aliphatic rings. The molecule has 2 rings (SSSR count). The van der Waals surface area contributed by atoms with Gasteiger partial charge in [-0.2, -0.15) is 18.3 Å². The van der Waals surface area contributed by atoms with E-state index in [1.54, 1.807) is 24.3 Å². The van der Waals surface area contributed by atoms with Crippen LogP contribution in [0.4, 0.5) is 18.9 Å². The van der Waals surface area contributed by atoms with E-state index in [-0.39, 0.29) is 18.5 Å². The summed E-state index contributed by atoms with van der Waals surface area (Å²) in [6.45, 7) is 0. The lowest BCUT2D eigenvalue weighted by Crippen LogP contribution is -2.20. The molecule has 0 spiro atoms. The number of carbonyl (C=O) groups excluding carboxylic acids is 2. The lowest BCUT2D eigenvalue weighted by atomic mass is 10.2. The molecule has 9 heteroatoms. The van der Waals surface area contributed by atoms with Crippen LogP contribution < -0.4 is 15.5 Å². The molecule has 0 unspecified atom stereocenters. The molecule has 0 radical (unpaired) electrons. The molecule has 0 bridgehead atoms. The van der Waals surface area contributed by atoms with Crippen LogP contribution in [-0.2, 0) is 15.8 Å². The Balaban J connectivity index is 1.81. The standard InChI is InChI=1S/C19H18F3N3O3/c1-28-16-8-3-2-5-13(16)12-23-25-18(27)10-9-17(26)24-15-7-4-6-14(11-15)19(20,21)22/h2-8,11-12H,9-10H2,1H3,(H,24,26)(H,25,27). The number of hydrogen-bond donors (Lipinski definition) is 2. The molecule has 0 saturated heterocycles. The van der Waals surface area contributed by atoms with Gasteiger partial charge in [0.25, 0.3) is 0 Å². The Labute approximate surface area is 159 Å². The number of anilines is 1. The van der Waals surface area contributed by atoms with E-state index < -0.39 is 23.6 Å². The first-order valence-corrected chi connectivity index (χ1v) is 8.21. The first-order valence-electron chi connectivity index (χ1n) is 8.21. The maximum absolute atomic E-state index is 12.7. The molecule has 148 valence electrons. The summed E-state index contributed by atoms with van der Waals surface area (Å²) in [7, 11) is 1.51. The van der Waals surface area contributed by atoms with Gasteiger partial charge in [-0.05, 0) is 30.3 Å². The van der Waals surface area contributed by atoms with Crippen LogP contribution in [0.25, 0.3) is 0 Å². The molecule has 0 aliphatic carbocycles. The Morgan fingerprint density at radius 3 is 2.50 bits per heavy atom. The zero-order valence-electron chi connectivity index (χ0n) is 14.9. The van der Waals surface area contributed by atoms with Crippen LogP contribution in [0.1, 0.15) is 24.0 Å². The number of hydrazone groups is 1. The van der Waals surface area contributed by atoms with E-state index in [0.717, 1.165) is 12.1 Å². The van der Waals surface area contributed by atoms with Crippen molar-refractivity contribution >= 4 is 23.7 Å². The summed E-state index contributed by atoms with van der Waals surface area (Å²) < 4.78 is 43.1. The number of methoxy groups -OCH3 is 1. The molecule has 0 aliphatic heterocycles. The summed E-state index contributed by atoms with van der Waals surface area (Å²) in [4.78, 5) is 23.6. The van der Waals surface area contributed by atoms with Crippen molar-refractivity contribution in [3.63, 3.8) is 0 Å². The molecule has 2 N–H and O–H groups in total. The fourth-order valence-electron chi connectivity index (χ4n) is 2.23. The molecule has 2 aromatic carbocycles. The molecule has 2 aromatic rings. The number of ether oxygens (including phenoxy) is 1. The van der Waals surface area contributed by atoms with Crippen LogP contribution in [-0.4, -0.2) is 25.1 Å². The van der Waals surface area contributed by atoms with E-state index >= 15 is 0 Å². The second-order valence-corrected chi connectivity index (χ2v) is 5.66. The van der Waals surface area contributed by atoms with Crippen LogP contribution in [0.3, 0.4) is 0 Å². The van der Waals surface area contributed by atoms with Crippen LogP contribution in [0.15, 0.2) is 53.6 Å². The first kappa shape index (κ1) is 20.9. The monoisotopic (exact) mass is 393 g/mol. The molecular weight excluding hydrogens is 375 g/mol. The highest BCUT2D eigenvalue weighted by atomic mass is 19.4. The van der Waals surface area contributed by atoms with Crippen molar-refractivity contribution in [1.82, 2.24) is 5.43 Å². The summed E-state index contributed by atoms with van der Waals surface area (Å²) in [5, 5.41) is 6.12. The number of amides is 2. The minimum absolute atomic E-state index is 0.00873. The van der Waals surface area contributed by atoms with Crippen molar-refractivity contribution in [3.05, 3.63) is 59.7 Å². The van der Waals surface area contributed by atoms with Gasteiger partial charge >= 0.3 is 6.18 Å². The van der Waals surface area contributed by atoms with E-state index in [2.05, 4.69) is 15.8 Å².